The Kier molecular flexibility index (Phi) is 4.34. The van der Waals surface area contributed by atoms with Gasteiger partial charge in [0.05, 0.1) is 18.2 Å². The maximum Gasteiger partial charge on any atom is 0.245 e. The highest BCUT2D eigenvalue weighted by Crippen LogP contribution is 2.27. The highest BCUT2D eigenvalue weighted by Gasteiger charge is 2.28. The summed E-state index contributed by atoms with van der Waals surface area (Å²) in [6, 6.07) is 9.32. The number of carbonyl (C=O) groups excluding carboxylic acids is 1. The van der Waals surface area contributed by atoms with Gasteiger partial charge in [-0.15, -0.1) is 0 Å². The molecule has 0 aliphatic carbocycles. The molecule has 4 nitrogen and oxygen atoms in total. The number of nitriles is 1. The van der Waals surface area contributed by atoms with E-state index in [1.165, 1.54) is 0 Å². The van der Waals surface area contributed by atoms with Gasteiger partial charge < -0.3 is 10.2 Å². The molecule has 0 radical (unpaired) electrons. The number of benzene rings is 1. The van der Waals surface area contributed by atoms with Crippen LogP contribution < -0.4 is 10.2 Å². The Morgan fingerprint density at radius 1 is 1.50 bits per heavy atom. The average molecular weight is 308 g/mol. The molecule has 1 aliphatic heterocycles. The second-order valence-corrected chi connectivity index (χ2v) is 5.02. The van der Waals surface area contributed by atoms with Gasteiger partial charge in [-0.25, -0.2) is 0 Å². The van der Waals surface area contributed by atoms with Crippen LogP contribution >= 0.6 is 15.9 Å². The van der Waals surface area contributed by atoms with E-state index >= 15 is 0 Å². The molecule has 1 atom stereocenters. The molecule has 1 aromatic rings. The number of nitrogens with one attached hydrogen (secondary N) is 1. The standard InChI is InChI=1S/C13H14BrN3O/c14-10-4-1-2-5-12(10)17-9-3-8-16-11(6-7-15)13(17)18/h1-2,4-5,11,16H,3,6,8-9H2. The van der Waals surface area contributed by atoms with E-state index in [1.54, 1.807) is 4.90 Å². The maximum atomic E-state index is 12.4. The van der Waals surface area contributed by atoms with Crippen LogP contribution in [-0.4, -0.2) is 25.0 Å². The van der Waals surface area contributed by atoms with E-state index in [-0.39, 0.29) is 12.3 Å². The molecule has 18 heavy (non-hydrogen) atoms. The third-order valence-corrected chi connectivity index (χ3v) is 3.62. The van der Waals surface area contributed by atoms with Crippen molar-refractivity contribution < 1.29 is 4.79 Å². The first-order valence-electron chi connectivity index (χ1n) is 5.90. The van der Waals surface area contributed by atoms with Crippen LogP contribution in [0.4, 0.5) is 5.69 Å². The molecule has 1 unspecified atom stereocenters. The Hall–Kier alpha value is -1.38. The number of rotatable bonds is 2. The van der Waals surface area contributed by atoms with E-state index in [2.05, 4.69) is 27.3 Å². The van der Waals surface area contributed by atoms with Crippen LogP contribution in [0, 0.1) is 11.3 Å². The van der Waals surface area contributed by atoms with Gasteiger partial charge in [-0.1, -0.05) is 12.1 Å². The zero-order valence-corrected chi connectivity index (χ0v) is 11.5. The quantitative estimate of drug-likeness (QED) is 0.910. The summed E-state index contributed by atoms with van der Waals surface area (Å²) in [6.07, 6.45) is 1.09. The van der Waals surface area contributed by atoms with Gasteiger partial charge in [0, 0.05) is 11.0 Å². The van der Waals surface area contributed by atoms with Crippen molar-refractivity contribution in [3.8, 4) is 6.07 Å². The van der Waals surface area contributed by atoms with E-state index in [9.17, 15) is 4.79 Å². The fourth-order valence-electron chi connectivity index (χ4n) is 2.06. The van der Waals surface area contributed by atoms with Crippen LogP contribution in [-0.2, 0) is 4.79 Å². The van der Waals surface area contributed by atoms with Crippen LogP contribution in [0.15, 0.2) is 28.7 Å². The molecule has 1 saturated heterocycles. The van der Waals surface area contributed by atoms with Crippen molar-refractivity contribution in [2.75, 3.05) is 18.0 Å². The zero-order valence-electron chi connectivity index (χ0n) is 9.90. The molecule has 94 valence electrons. The van der Waals surface area contributed by atoms with Gasteiger partial charge >= 0.3 is 0 Å². The Morgan fingerprint density at radius 2 is 2.28 bits per heavy atom. The Morgan fingerprint density at radius 3 is 3.00 bits per heavy atom. The maximum absolute atomic E-state index is 12.4. The third kappa shape index (κ3) is 2.71. The van der Waals surface area contributed by atoms with Gasteiger partial charge in [-0.05, 0) is 41.0 Å². The molecule has 1 aromatic carbocycles. The topological polar surface area (TPSA) is 56.1 Å². The summed E-state index contributed by atoms with van der Waals surface area (Å²) in [4.78, 5) is 14.1. The lowest BCUT2D eigenvalue weighted by Gasteiger charge is -2.24. The number of nitrogens with zero attached hydrogens (tertiary/aromatic N) is 2. The number of anilines is 1. The molecule has 1 fully saturated rings. The molecule has 5 heteroatoms. The summed E-state index contributed by atoms with van der Waals surface area (Å²) in [7, 11) is 0. The summed E-state index contributed by atoms with van der Waals surface area (Å²) in [5.74, 6) is -0.0269. The molecule has 1 aliphatic rings. The average Bonchev–Trinajstić information content (AvgIpc) is 2.54. The van der Waals surface area contributed by atoms with Crippen LogP contribution in [0.2, 0.25) is 0 Å². The molecule has 0 bridgehead atoms. The summed E-state index contributed by atoms with van der Waals surface area (Å²) < 4.78 is 0.899. The summed E-state index contributed by atoms with van der Waals surface area (Å²) in [5.41, 5.74) is 0.870. The SMILES string of the molecule is N#CCC1NCCCN(c2ccccc2Br)C1=O. The molecule has 0 saturated carbocycles. The normalized spacial score (nSPS) is 20.3. The minimum absolute atomic E-state index is 0.0269. The molecular weight excluding hydrogens is 294 g/mol. The van der Waals surface area contributed by atoms with Crippen molar-refractivity contribution in [2.24, 2.45) is 0 Å². The smallest absolute Gasteiger partial charge is 0.245 e. The Balaban J connectivity index is 2.29. The van der Waals surface area contributed by atoms with E-state index < -0.39 is 6.04 Å². The molecule has 0 spiro atoms. The molecular formula is C13H14BrN3O. The van der Waals surface area contributed by atoms with Crippen LogP contribution in [0.3, 0.4) is 0 Å². The molecule has 1 N–H and O–H groups in total. The first kappa shape index (κ1) is 13.1. The van der Waals surface area contributed by atoms with E-state index in [0.29, 0.717) is 6.54 Å². The van der Waals surface area contributed by atoms with Crippen molar-refractivity contribution in [3.63, 3.8) is 0 Å². The van der Waals surface area contributed by atoms with Crippen molar-refractivity contribution >= 4 is 27.5 Å². The number of halogens is 1. The molecule has 0 aromatic heterocycles. The lowest BCUT2D eigenvalue weighted by molar-refractivity contribution is -0.120. The minimum atomic E-state index is -0.399. The molecule has 1 heterocycles. The van der Waals surface area contributed by atoms with E-state index in [4.69, 9.17) is 5.26 Å². The second kappa shape index (κ2) is 5.98. The molecule has 2 rings (SSSR count). The Labute approximate surface area is 115 Å². The first-order valence-corrected chi connectivity index (χ1v) is 6.69. The first-order chi connectivity index (χ1) is 8.74. The predicted molar refractivity (Wildman–Crippen MR) is 73.1 cm³/mol. The van der Waals surface area contributed by atoms with Crippen LogP contribution in [0.1, 0.15) is 12.8 Å². The number of hydrogen-bond acceptors (Lipinski definition) is 3. The minimum Gasteiger partial charge on any atom is -0.310 e. The number of carbonyl (C=O) groups is 1. The number of hydrogen-bond donors (Lipinski definition) is 1. The van der Waals surface area contributed by atoms with Gasteiger partial charge in [-0.2, -0.15) is 5.26 Å². The summed E-state index contributed by atoms with van der Waals surface area (Å²) in [5, 5.41) is 11.9. The van der Waals surface area contributed by atoms with Gasteiger partial charge in [0.1, 0.15) is 6.04 Å². The lowest BCUT2D eigenvalue weighted by atomic mass is 10.2. The summed E-state index contributed by atoms with van der Waals surface area (Å²) in [6.45, 7) is 1.44. The van der Waals surface area contributed by atoms with Crippen LogP contribution in [0.5, 0.6) is 0 Å². The lowest BCUT2D eigenvalue weighted by Crippen LogP contribution is -2.43. The van der Waals surface area contributed by atoms with Crippen molar-refractivity contribution in [1.29, 1.82) is 5.26 Å². The largest absolute Gasteiger partial charge is 0.310 e. The van der Waals surface area contributed by atoms with Gasteiger partial charge in [0.2, 0.25) is 5.91 Å². The van der Waals surface area contributed by atoms with Gasteiger partial charge in [0.15, 0.2) is 0 Å². The van der Waals surface area contributed by atoms with Crippen LogP contribution in [0.25, 0.3) is 0 Å². The Bertz CT molecular complexity index is 483. The number of para-hydroxylation sites is 1. The fraction of sp³-hybridized carbons (Fsp3) is 0.385. The fourth-order valence-corrected chi connectivity index (χ4v) is 2.56. The van der Waals surface area contributed by atoms with Gasteiger partial charge in [-0.3, -0.25) is 4.79 Å². The highest BCUT2D eigenvalue weighted by atomic mass is 79.9. The van der Waals surface area contributed by atoms with Crippen molar-refractivity contribution in [3.05, 3.63) is 28.7 Å². The summed E-state index contributed by atoms with van der Waals surface area (Å²) >= 11 is 3.46. The zero-order chi connectivity index (χ0) is 13.0. The van der Waals surface area contributed by atoms with Gasteiger partial charge in [0.25, 0.3) is 0 Å². The van der Waals surface area contributed by atoms with E-state index in [1.807, 2.05) is 24.3 Å². The number of amides is 1. The highest BCUT2D eigenvalue weighted by molar-refractivity contribution is 9.10. The third-order valence-electron chi connectivity index (χ3n) is 2.95. The molecule has 1 amide bonds. The second-order valence-electron chi connectivity index (χ2n) is 4.16. The van der Waals surface area contributed by atoms with Crippen molar-refractivity contribution in [2.45, 2.75) is 18.9 Å². The monoisotopic (exact) mass is 307 g/mol. The van der Waals surface area contributed by atoms with E-state index in [0.717, 1.165) is 23.1 Å². The van der Waals surface area contributed by atoms with Crippen molar-refractivity contribution in [1.82, 2.24) is 5.32 Å². The predicted octanol–water partition coefficient (Wildman–Crippen LogP) is 2.06.